The number of aromatic hydroxyl groups is 2. The molecular formula is C12H18N2O3. The van der Waals surface area contributed by atoms with E-state index in [2.05, 4.69) is 10.2 Å². The number of amides is 1. The Kier molecular flexibility index (Phi) is 4.78. The molecule has 0 saturated carbocycles. The van der Waals surface area contributed by atoms with Gasteiger partial charge in [-0.25, -0.2) is 0 Å². The summed E-state index contributed by atoms with van der Waals surface area (Å²) in [6.07, 6.45) is 0. The largest absolute Gasteiger partial charge is 0.508 e. The van der Waals surface area contributed by atoms with Crippen molar-refractivity contribution in [3.05, 3.63) is 23.8 Å². The second-order valence-electron chi connectivity index (χ2n) is 3.85. The van der Waals surface area contributed by atoms with Gasteiger partial charge in [0.1, 0.15) is 11.5 Å². The lowest BCUT2D eigenvalue weighted by Crippen LogP contribution is -2.32. The van der Waals surface area contributed by atoms with Crippen LogP contribution in [0.2, 0.25) is 0 Å². The minimum Gasteiger partial charge on any atom is -0.508 e. The molecule has 94 valence electrons. The fourth-order valence-corrected chi connectivity index (χ4v) is 1.32. The summed E-state index contributed by atoms with van der Waals surface area (Å²) < 4.78 is 0. The van der Waals surface area contributed by atoms with Crippen LogP contribution >= 0.6 is 0 Å². The van der Waals surface area contributed by atoms with Crippen LogP contribution < -0.4 is 5.32 Å². The average molecular weight is 238 g/mol. The quantitative estimate of drug-likeness (QED) is 0.663. The van der Waals surface area contributed by atoms with Crippen LogP contribution in [0.3, 0.4) is 0 Å². The summed E-state index contributed by atoms with van der Waals surface area (Å²) in [7, 11) is 1.96. The maximum absolute atomic E-state index is 11.7. The van der Waals surface area contributed by atoms with E-state index in [-0.39, 0.29) is 23.0 Å². The highest BCUT2D eigenvalue weighted by Gasteiger charge is 2.11. The molecule has 5 nitrogen and oxygen atoms in total. The van der Waals surface area contributed by atoms with Gasteiger partial charge in [0.15, 0.2) is 0 Å². The number of rotatable bonds is 5. The van der Waals surface area contributed by atoms with E-state index in [1.54, 1.807) is 0 Å². The standard InChI is InChI=1S/C12H18N2O3/c1-3-14(2)7-6-13-12(17)10-8-9(15)4-5-11(10)16/h4-5,8,15-16H,3,6-7H2,1-2H3,(H,13,17). The number of carbonyl (C=O) groups excluding carboxylic acids is 1. The number of hydrogen-bond acceptors (Lipinski definition) is 4. The Labute approximate surface area is 101 Å². The van der Waals surface area contributed by atoms with Gasteiger partial charge in [-0.05, 0) is 31.8 Å². The van der Waals surface area contributed by atoms with E-state index in [1.165, 1.54) is 18.2 Å². The molecule has 0 unspecified atom stereocenters. The average Bonchev–Trinajstić information content (AvgIpc) is 2.31. The van der Waals surface area contributed by atoms with Crippen LogP contribution in [-0.4, -0.2) is 47.7 Å². The summed E-state index contributed by atoms with van der Waals surface area (Å²) in [6.45, 7) is 4.18. The third kappa shape index (κ3) is 3.96. The molecule has 1 aromatic carbocycles. The fourth-order valence-electron chi connectivity index (χ4n) is 1.32. The Morgan fingerprint density at radius 1 is 1.41 bits per heavy atom. The number of benzene rings is 1. The SMILES string of the molecule is CCN(C)CCNC(=O)c1cc(O)ccc1O. The monoisotopic (exact) mass is 238 g/mol. The van der Waals surface area contributed by atoms with E-state index in [0.717, 1.165) is 13.1 Å². The van der Waals surface area contributed by atoms with Gasteiger partial charge in [-0.15, -0.1) is 0 Å². The molecule has 1 aromatic rings. The van der Waals surface area contributed by atoms with E-state index in [0.29, 0.717) is 6.54 Å². The first kappa shape index (κ1) is 13.3. The molecular weight excluding hydrogens is 220 g/mol. The molecule has 1 rings (SSSR count). The van der Waals surface area contributed by atoms with Crippen molar-refractivity contribution >= 4 is 5.91 Å². The van der Waals surface area contributed by atoms with Gasteiger partial charge < -0.3 is 20.4 Å². The molecule has 0 aliphatic rings. The Morgan fingerprint density at radius 3 is 2.76 bits per heavy atom. The summed E-state index contributed by atoms with van der Waals surface area (Å²) in [6, 6.07) is 3.87. The molecule has 0 saturated heterocycles. The highest BCUT2D eigenvalue weighted by Crippen LogP contribution is 2.21. The molecule has 0 fully saturated rings. The maximum Gasteiger partial charge on any atom is 0.255 e. The zero-order valence-corrected chi connectivity index (χ0v) is 10.1. The van der Waals surface area contributed by atoms with Crippen LogP contribution in [0.25, 0.3) is 0 Å². The molecule has 0 heterocycles. The molecule has 0 aliphatic heterocycles. The number of phenols is 2. The zero-order valence-electron chi connectivity index (χ0n) is 10.1. The van der Waals surface area contributed by atoms with Crippen molar-refractivity contribution in [2.75, 3.05) is 26.7 Å². The van der Waals surface area contributed by atoms with Gasteiger partial charge in [-0.1, -0.05) is 6.92 Å². The van der Waals surface area contributed by atoms with Gasteiger partial charge in [0.2, 0.25) is 0 Å². The predicted molar refractivity (Wildman–Crippen MR) is 65.3 cm³/mol. The van der Waals surface area contributed by atoms with Crippen LogP contribution in [0.1, 0.15) is 17.3 Å². The van der Waals surface area contributed by atoms with Crippen molar-refractivity contribution in [1.29, 1.82) is 0 Å². The van der Waals surface area contributed by atoms with Gasteiger partial charge in [0, 0.05) is 13.1 Å². The van der Waals surface area contributed by atoms with E-state index < -0.39 is 0 Å². The molecule has 17 heavy (non-hydrogen) atoms. The highest BCUT2D eigenvalue weighted by molar-refractivity contribution is 5.97. The smallest absolute Gasteiger partial charge is 0.255 e. The summed E-state index contributed by atoms with van der Waals surface area (Å²) in [4.78, 5) is 13.7. The molecule has 5 heteroatoms. The van der Waals surface area contributed by atoms with Crippen molar-refractivity contribution < 1.29 is 15.0 Å². The number of nitrogens with zero attached hydrogens (tertiary/aromatic N) is 1. The fraction of sp³-hybridized carbons (Fsp3) is 0.417. The second kappa shape index (κ2) is 6.10. The van der Waals surface area contributed by atoms with E-state index in [1.807, 2.05) is 14.0 Å². The second-order valence-corrected chi connectivity index (χ2v) is 3.85. The minimum absolute atomic E-state index is 0.0429. The predicted octanol–water partition coefficient (Wildman–Crippen LogP) is 0.779. The molecule has 0 atom stereocenters. The summed E-state index contributed by atoms with van der Waals surface area (Å²) in [5, 5.41) is 21.4. The van der Waals surface area contributed by atoms with Crippen molar-refractivity contribution in [1.82, 2.24) is 10.2 Å². The molecule has 0 spiro atoms. The van der Waals surface area contributed by atoms with Crippen LogP contribution in [0.5, 0.6) is 11.5 Å². The van der Waals surface area contributed by atoms with Crippen LogP contribution in [0, 0.1) is 0 Å². The number of likely N-dealkylation sites (N-methyl/N-ethyl adjacent to an activating group) is 1. The van der Waals surface area contributed by atoms with Crippen LogP contribution in [0.4, 0.5) is 0 Å². The van der Waals surface area contributed by atoms with Crippen LogP contribution in [0.15, 0.2) is 18.2 Å². The van der Waals surface area contributed by atoms with Crippen LogP contribution in [-0.2, 0) is 0 Å². The molecule has 0 aromatic heterocycles. The number of carbonyl (C=O) groups is 1. The van der Waals surface area contributed by atoms with Gasteiger partial charge in [0.05, 0.1) is 5.56 Å². The van der Waals surface area contributed by atoms with Gasteiger partial charge in [-0.2, -0.15) is 0 Å². The van der Waals surface area contributed by atoms with Gasteiger partial charge >= 0.3 is 0 Å². The Morgan fingerprint density at radius 2 is 2.12 bits per heavy atom. The normalized spacial score (nSPS) is 10.5. The summed E-state index contributed by atoms with van der Waals surface area (Å²) >= 11 is 0. The third-order valence-electron chi connectivity index (χ3n) is 2.54. The molecule has 0 radical (unpaired) electrons. The Balaban J connectivity index is 2.55. The third-order valence-corrected chi connectivity index (χ3v) is 2.54. The number of phenolic OH excluding ortho intramolecular Hbond substituents is 2. The van der Waals surface area contributed by atoms with Gasteiger partial charge in [-0.3, -0.25) is 4.79 Å². The first-order chi connectivity index (χ1) is 8.04. The zero-order chi connectivity index (χ0) is 12.8. The molecule has 0 bridgehead atoms. The lowest BCUT2D eigenvalue weighted by Gasteiger charge is -2.14. The first-order valence-corrected chi connectivity index (χ1v) is 5.53. The van der Waals surface area contributed by atoms with Crippen molar-refractivity contribution in [2.24, 2.45) is 0 Å². The highest BCUT2D eigenvalue weighted by atomic mass is 16.3. The van der Waals surface area contributed by atoms with E-state index in [4.69, 9.17) is 0 Å². The maximum atomic E-state index is 11.7. The number of nitrogens with one attached hydrogen (secondary N) is 1. The topological polar surface area (TPSA) is 72.8 Å². The van der Waals surface area contributed by atoms with Crippen molar-refractivity contribution in [3.63, 3.8) is 0 Å². The van der Waals surface area contributed by atoms with Crippen molar-refractivity contribution in [3.8, 4) is 11.5 Å². The Hall–Kier alpha value is -1.75. The molecule has 3 N–H and O–H groups in total. The molecule has 1 amide bonds. The van der Waals surface area contributed by atoms with Crippen molar-refractivity contribution in [2.45, 2.75) is 6.92 Å². The van der Waals surface area contributed by atoms with E-state index in [9.17, 15) is 15.0 Å². The van der Waals surface area contributed by atoms with E-state index >= 15 is 0 Å². The lowest BCUT2D eigenvalue weighted by molar-refractivity contribution is 0.0947. The first-order valence-electron chi connectivity index (χ1n) is 5.53. The number of hydrogen-bond donors (Lipinski definition) is 3. The molecule has 0 aliphatic carbocycles. The minimum atomic E-state index is -0.386. The summed E-state index contributed by atoms with van der Waals surface area (Å²) in [5.74, 6) is -0.564. The Bertz CT molecular complexity index is 393. The van der Waals surface area contributed by atoms with Gasteiger partial charge in [0.25, 0.3) is 5.91 Å². The summed E-state index contributed by atoms with van der Waals surface area (Å²) in [5.41, 5.74) is 0.0872. The lowest BCUT2D eigenvalue weighted by atomic mass is 10.2.